The Morgan fingerprint density at radius 1 is 0.902 bits per heavy atom. The van der Waals surface area contributed by atoms with Crippen molar-refractivity contribution < 1.29 is 24.2 Å². The molecular formula is C34H30N2O5. The fourth-order valence-electron chi connectivity index (χ4n) is 5.75. The number of carboxylic acid groups (broad SMARTS) is 1. The number of rotatable bonds is 8. The monoisotopic (exact) mass is 546 g/mol. The van der Waals surface area contributed by atoms with Crippen molar-refractivity contribution >= 4 is 23.0 Å². The van der Waals surface area contributed by atoms with E-state index >= 15 is 0 Å². The number of nitrogens with one attached hydrogen (secondary N) is 1. The van der Waals surface area contributed by atoms with E-state index in [-0.39, 0.29) is 18.9 Å². The van der Waals surface area contributed by atoms with Crippen molar-refractivity contribution in [1.29, 1.82) is 0 Å². The second kappa shape index (κ2) is 10.8. The molecule has 0 saturated carbocycles. The molecule has 41 heavy (non-hydrogen) atoms. The van der Waals surface area contributed by atoms with Crippen LogP contribution in [0.4, 0.5) is 4.79 Å². The van der Waals surface area contributed by atoms with E-state index < -0.39 is 18.1 Å². The van der Waals surface area contributed by atoms with Gasteiger partial charge in [-0.2, -0.15) is 0 Å². The summed E-state index contributed by atoms with van der Waals surface area (Å²) in [4.78, 5) is 25.3. The van der Waals surface area contributed by atoms with Gasteiger partial charge < -0.3 is 24.5 Å². The molecule has 1 aliphatic carbocycles. The van der Waals surface area contributed by atoms with E-state index in [1.54, 1.807) is 0 Å². The number of aromatic nitrogens is 1. The Balaban J connectivity index is 1.22. The number of ether oxygens (including phenoxy) is 2. The number of carbonyl (C=O) groups is 2. The summed E-state index contributed by atoms with van der Waals surface area (Å²) in [5.74, 6) is -0.109. The fraction of sp³-hybridized carbons (Fsp3) is 0.176. The van der Waals surface area contributed by atoms with Gasteiger partial charge in [0.05, 0.1) is 5.52 Å². The number of carboxylic acids is 1. The van der Waals surface area contributed by atoms with E-state index in [2.05, 4.69) is 17.4 Å². The van der Waals surface area contributed by atoms with E-state index in [0.29, 0.717) is 17.2 Å². The second-order valence-corrected chi connectivity index (χ2v) is 10.3. The summed E-state index contributed by atoms with van der Waals surface area (Å²) < 4.78 is 13.8. The molecule has 0 aliphatic heterocycles. The molecule has 2 N–H and O–H groups in total. The lowest BCUT2D eigenvalue weighted by atomic mass is 9.98. The molecule has 4 aromatic carbocycles. The average Bonchev–Trinajstić information content (AvgIpc) is 3.43. The molecule has 1 aromatic heterocycles. The molecule has 1 heterocycles. The first-order chi connectivity index (χ1) is 19.9. The molecule has 5 aromatic rings. The van der Waals surface area contributed by atoms with E-state index in [1.165, 1.54) is 0 Å². The number of alkyl carbamates (subject to hydrolysis) is 1. The number of nitrogens with zero attached hydrogens (tertiary/aromatic N) is 1. The number of fused-ring (bicyclic) bond motifs is 4. The maximum atomic E-state index is 13.0. The molecule has 0 fully saturated rings. The highest BCUT2D eigenvalue weighted by atomic mass is 16.5. The lowest BCUT2D eigenvalue weighted by molar-refractivity contribution is -0.139. The summed E-state index contributed by atoms with van der Waals surface area (Å²) in [5.41, 5.74) is 7.06. The molecular weight excluding hydrogens is 516 g/mol. The molecule has 1 amide bonds. The summed E-state index contributed by atoms with van der Waals surface area (Å²) in [5, 5.41) is 13.5. The standard InChI is InChI=1S/C34H30N2O5/c1-21-10-9-11-22(18-21)41-32-28(27-16-7-8-17-31(27)36(32)2)19-30(33(37)38)35-34(39)40-20-29-25-14-5-3-12-23(25)24-13-4-6-15-26(24)29/h3-18,29-30H,19-20H2,1-2H3,(H,35,39)(H,37,38). The summed E-state index contributed by atoms with van der Waals surface area (Å²) in [6.07, 6.45) is -0.761. The minimum Gasteiger partial charge on any atom is -0.480 e. The molecule has 0 saturated heterocycles. The highest BCUT2D eigenvalue weighted by Gasteiger charge is 2.31. The lowest BCUT2D eigenvalue weighted by Gasteiger charge is -2.18. The maximum absolute atomic E-state index is 13.0. The molecule has 7 nitrogen and oxygen atoms in total. The van der Waals surface area contributed by atoms with Gasteiger partial charge in [-0.3, -0.25) is 0 Å². The Kier molecular flexibility index (Phi) is 6.93. The number of hydrogen-bond acceptors (Lipinski definition) is 4. The van der Waals surface area contributed by atoms with E-state index in [0.717, 1.165) is 38.7 Å². The van der Waals surface area contributed by atoms with Crippen LogP contribution in [0.3, 0.4) is 0 Å². The van der Waals surface area contributed by atoms with Crippen LogP contribution in [-0.4, -0.2) is 34.4 Å². The first kappa shape index (κ1) is 26.2. The minimum atomic E-state index is -1.23. The Bertz CT molecular complexity index is 1730. The summed E-state index contributed by atoms with van der Waals surface area (Å²) in [6, 6.07) is 30.3. The van der Waals surface area contributed by atoms with Gasteiger partial charge >= 0.3 is 12.1 Å². The van der Waals surface area contributed by atoms with Crippen LogP contribution >= 0.6 is 0 Å². The van der Waals surface area contributed by atoms with Crippen LogP contribution < -0.4 is 10.1 Å². The van der Waals surface area contributed by atoms with Crippen molar-refractivity contribution in [3.05, 3.63) is 119 Å². The number of para-hydroxylation sites is 1. The first-order valence-corrected chi connectivity index (χ1v) is 13.6. The highest BCUT2D eigenvalue weighted by Crippen LogP contribution is 2.44. The Morgan fingerprint density at radius 2 is 1.56 bits per heavy atom. The average molecular weight is 547 g/mol. The van der Waals surface area contributed by atoms with Crippen LogP contribution in [-0.2, 0) is 23.0 Å². The van der Waals surface area contributed by atoms with Gasteiger partial charge in [-0.15, -0.1) is 0 Å². The molecule has 0 spiro atoms. The van der Waals surface area contributed by atoms with Crippen molar-refractivity contribution in [2.24, 2.45) is 7.05 Å². The normalized spacial score (nSPS) is 12.9. The van der Waals surface area contributed by atoms with Crippen LogP contribution in [0.25, 0.3) is 22.0 Å². The first-order valence-electron chi connectivity index (χ1n) is 13.6. The van der Waals surface area contributed by atoms with Gasteiger partial charge in [0.1, 0.15) is 18.4 Å². The SMILES string of the molecule is Cc1cccc(Oc2c(CC(NC(=O)OCC3c4ccccc4-c4ccccc43)C(=O)O)c3ccccc3n2C)c1. The fourth-order valence-corrected chi connectivity index (χ4v) is 5.75. The number of aryl methyl sites for hydroxylation is 2. The Labute approximate surface area is 238 Å². The Hall–Kier alpha value is -5.04. The van der Waals surface area contributed by atoms with Gasteiger partial charge in [0, 0.05) is 30.3 Å². The largest absolute Gasteiger partial charge is 0.480 e. The van der Waals surface area contributed by atoms with Gasteiger partial charge in [0.2, 0.25) is 5.88 Å². The van der Waals surface area contributed by atoms with Crippen molar-refractivity contribution in [3.63, 3.8) is 0 Å². The third-order valence-electron chi connectivity index (χ3n) is 7.70. The number of amides is 1. The van der Waals surface area contributed by atoms with Crippen molar-refractivity contribution in [2.45, 2.75) is 25.3 Å². The van der Waals surface area contributed by atoms with Gasteiger partial charge in [0.15, 0.2) is 0 Å². The summed E-state index contributed by atoms with van der Waals surface area (Å²) in [7, 11) is 1.88. The number of hydrogen-bond donors (Lipinski definition) is 2. The Morgan fingerprint density at radius 3 is 2.24 bits per heavy atom. The van der Waals surface area contributed by atoms with Gasteiger partial charge in [-0.05, 0) is 52.9 Å². The number of benzene rings is 4. The molecule has 1 unspecified atom stereocenters. The molecule has 1 atom stereocenters. The van der Waals surface area contributed by atoms with Crippen molar-refractivity contribution in [2.75, 3.05) is 6.61 Å². The second-order valence-electron chi connectivity index (χ2n) is 10.3. The molecule has 7 heteroatoms. The maximum Gasteiger partial charge on any atom is 0.407 e. The zero-order valence-electron chi connectivity index (χ0n) is 22.8. The van der Waals surface area contributed by atoms with Crippen LogP contribution in [0, 0.1) is 6.92 Å². The van der Waals surface area contributed by atoms with Gasteiger partial charge in [-0.1, -0.05) is 78.9 Å². The van der Waals surface area contributed by atoms with Gasteiger partial charge in [0.25, 0.3) is 0 Å². The van der Waals surface area contributed by atoms with Gasteiger partial charge in [-0.25, -0.2) is 9.59 Å². The van der Waals surface area contributed by atoms with E-state index in [1.807, 2.05) is 103 Å². The zero-order chi connectivity index (χ0) is 28.5. The quantitative estimate of drug-likeness (QED) is 0.223. The predicted octanol–water partition coefficient (Wildman–Crippen LogP) is 6.81. The predicted molar refractivity (Wildman–Crippen MR) is 158 cm³/mol. The molecule has 0 radical (unpaired) electrons. The summed E-state index contributed by atoms with van der Waals surface area (Å²) >= 11 is 0. The summed E-state index contributed by atoms with van der Waals surface area (Å²) in [6.45, 7) is 2.08. The third kappa shape index (κ3) is 5.02. The van der Waals surface area contributed by atoms with Crippen molar-refractivity contribution in [3.8, 4) is 22.8 Å². The number of aliphatic carboxylic acids is 1. The van der Waals surface area contributed by atoms with E-state index in [4.69, 9.17) is 9.47 Å². The van der Waals surface area contributed by atoms with Crippen LogP contribution in [0.2, 0.25) is 0 Å². The topological polar surface area (TPSA) is 89.8 Å². The molecule has 1 aliphatic rings. The van der Waals surface area contributed by atoms with Crippen molar-refractivity contribution in [1.82, 2.24) is 9.88 Å². The van der Waals surface area contributed by atoms with E-state index in [9.17, 15) is 14.7 Å². The zero-order valence-corrected chi connectivity index (χ0v) is 22.8. The minimum absolute atomic E-state index is 0.0159. The highest BCUT2D eigenvalue weighted by molar-refractivity contribution is 5.89. The smallest absolute Gasteiger partial charge is 0.407 e. The van der Waals surface area contributed by atoms with Crippen LogP contribution in [0.15, 0.2) is 97.1 Å². The molecule has 206 valence electrons. The number of carbonyl (C=O) groups excluding carboxylic acids is 1. The lowest BCUT2D eigenvalue weighted by Crippen LogP contribution is -2.43. The molecule has 6 rings (SSSR count). The molecule has 0 bridgehead atoms. The third-order valence-corrected chi connectivity index (χ3v) is 7.70. The van der Waals surface area contributed by atoms with Crippen LogP contribution in [0.1, 0.15) is 28.2 Å². The van der Waals surface area contributed by atoms with Crippen LogP contribution in [0.5, 0.6) is 11.6 Å².